The number of carbonyl (C=O) groups is 2. The van der Waals surface area contributed by atoms with Gasteiger partial charge >= 0.3 is 0 Å². The molecule has 0 aliphatic rings. The van der Waals surface area contributed by atoms with E-state index in [4.69, 9.17) is 10.9 Å². The lowest BCUT2D eigenvalue weighted by Crippen LogP contribution is -2.51. The number of aliphatic hydroxyl groups is 1. The number of nitrogens with two attached hydrogens (primary N) is 1. The number of nitrogen functional groups attached to an aromatic ring is 1. The molecule has 2 atom stereocenters. The summed E-state index contributed by atoms with van der Waals surface area (Å²) in [7, 11) is 0. The third-order valence-electron chi connectivity index (χ3n) is 3.57. The molecule has 6 N–H and O–H groups in total. The first kappa shape index (κ1) is 19.0. The van der Waals surface area contributed by atoms with Crippen LogP contribution in [0.1, 0.15) is 28.4 Å². The maximum atomic E-state index is 12.2. The topological polar surface area (TPSA) is 125 Å². The number of nitrogens with one attached hydrogen (secondary N) is 2. The van der Waals surface area contributed by atoms with Crippen molar-refractivity contribution >= 4 is 17.5 Å². The van der Waals surface area contributed by atoms with E-state index in [9.17, 15) is 14.7 Å². The van der Waals surface area contributed by atoms with Gasteiger partial charge in [-0.15, -0.1) is 0 Å². The Labute approximate surface area is 150 Å². The monoisotopic (exact) mass is 353 g/mol. The highest BCUT2D eigenvalue weighted by Gasteiger charge is 2.25. The Kier molecular flexibility index (Phi) is 6.33. The van der Waals surface area contributed by atoms with E-state index in [1.54, 1.807) is 36.4 Å². The van der Waals surface area contributed by atoms with Gasteiger partial charge in [-0.25, -0.2) is 5.48 Å². The molecule has 0 fully saturated rings. The van der Waals surface area contributed by atoms with E-state index in [-0.39, 0.29) is 0 Å². The van der Waals surface area contributed by atoms with Gasteiger partial charge in [-0.1, -0.05) is 11.8 Å². The van der Waals surface area contributed by atoms with Crippen LogP contribution in [0.15, 0.2) is 48.5 Å². The smallest absolute Gasteiger partial charge is 0.268 e. The van der Waals surface area contributed by atoms with Crippen LogP contribution >= 0.6 is 0 Å². The second kappa shape index (κ2) is 8.67. The number of anilines is 1. The Morgan fingerprint density at radius 1 is 1.00 bits per heavy atom. The maximum absolute atomic E-state index is 12.2. The highest BCUT2D eigenvalue weighted by Crippen LogP contribution is 2.07. The number of hydroxylamine groups is 1. The Morgan fingerprint density at radius 2 is 1.50 bits per heavy atom. The van der Waals surface area contributed by atoms with Crippen LogP contribution in [0.4, 0.5) is 5.69 Å². The Hall–Kier alpha value is -3.34. The second-order valence-electron chi connectivity index (χ2n) is 5.62. The van der Waals surface area contributed by atoms with Crippen LogP contribution in [-0.4, -0.2) is 34.3 Å². The number of carbonyl (C=O) groups excluding carboxylic acids is 2. The summed E-state index contributed by atoms with van der Waals surface area (Å²) in [5.41, 5.74) is 9.50. The minimum atomic E-state index is -1.27. The summed E-state index contributed by atoms with van der Waals surface area (Å²) in [4.78, 5) is 23.6. The minimum absolute atomic E-state index is 0.291. The van der Waals surface area contributed by atoms with Crippen molar-refractivity contribution in [3.8, 4) is 11.8 Å². The molecule has 1 unspecified atom stereocenters. The molecule has 7 nitrogen and oxygen atoms in total. The second-order valence-corrected chi connectivity index (χ2v) is 5.62. The van der Waals surface area contributed by atoms with Gasteiger partial charge in [-0.05, 0) is 55.5 Å². The molecule has 2 aromatic carbocycles. The zero-order chi connectivity index (χ0) is 19.1. The molecule has 0 spiro atoms. The fraction of sp³-hybridized carbons (Fsp3) is 0.158. The van der Waals surface area contributed by atoms with Gasteiger partial charge in [0.1, 0.15) is 6.04 Å². The first-order chi connectivity index (χ1) is 12.4. The normalized spacial score (nSPS) is 12.3. The van der Waals surface area contributed by atoms with Crippen LogP contribution in [0.5, 0.6) is 0 Å². The molecule has 26 heavy (non-hydrogen) atoms. The van der Waals surface area contributed by atoms with Gasteiger partial charge in [0.25, 0.3) is 11.8 Å². The molecule has 134 valence electrons. The highest BCUT2D eigenvalue weighted by atomic mass is 16.5. The fourth-order valence-corrected chi connectivity index (χ4v) is 2.12. The third-order valence-corrected chi connectivity index (χ3v) is 3.57. The van der Waals surface area contributed by atoms with E-state index in [1.165, 1.54) is 12.4 Å². The van der Waals surface area contributed by atoms with E-state index in [2.05, 4.69) is 17.2 Å². The Morgan fingerprint density at radius 3 is 1.96 bits per heavy atom. The maximum Gasteiger partial charge on any atom is 0.268 e. The Bertz CT molecular complexity index is 834. The summed E-state index contributed by atoms with van der Waals surface area (Å²) >= 11 is 0. The molecular formula is C19H19N3O4. The first-order valence-electron chi connectivity index (χ1n) is 7.81. The van der Waals surface area contributed by atoms with Gasteiger partial charge in [0.05, 0.1) is 6.10 Å². The summed E-state index contributed by atoms with van der Waals surface area (Å²) < 4.78 is 0. The minimum Gasteiger partial charge on any atom is -0.399 e. The average molecular weight is 353 g/mol. The number of hydrogen-bond donors (Lipinski definition) is 5. The van der Waals surface area contributed by atoms with Crippen molar-refractivity contribution in [1.82, 2.24) is 10.8 Å². The molecule has 0 saturated heterocycles. The van der Waals surface area contributed by atoms with Crippen molar-refractivity contribution < 1.29 is 19.9 Å². The van der Waals surface area contributed by atoms with Crippen molar-refractivity contribution in [3.05, 3.63) is 65.2 Å². The van der Waals surface area contributed by atoms with E-state index >= 15 is 0 Å². The number of aliphatic hydroxyl groups excluding tert-OH is 1. The van der Waals surface area contributed by atoms with Crippen molar-refractivity contribution in [2.45, 2.75) is 19.1 Å². The number of benzene rings is 2. The number of rotatable bonds is 4. The third kappa shape index (κ3) is 5.08. The summed E-state index contributed by atoms with van der Waals surface area (Å²) in [5, 5.41) is 20.6. The molecular weight excluding hydrogens is 334 g/mol. The van der Waals surface area contributed by atoms with Gasteiger partial charge in [-0.2, -0.15) is 0 Å². The zero-order valence-corrected chi connectivity index (χ0v) is 14.1. The van der Waals surface area contributed by atoms with Crippen molar-refractivity contribution in [2.75, 3.05) is 5.73 Å². The molecule has 0 aromatic heterocycles. The summed E-state index contributed by atoms with van der Waals surface area (Å²) in [5.74, 6) is 4.50. The first-order valence-corrected chi connectivity index (χ1v) is 7.81. The van der Waals surface area contributed by atoms with Crippen LogP contribution in [0.2, 0.25) is 0 Å². The van der Waals surface area contributed by atoms with E-state index < -0.39 is 24.0 Å². The van der Waals surface area contributed by atoms with Gasteiger partial charge in [0.15, 0.2) is 0 Å². The lowest BCUT2D eigenvalue weighted by molar-refractivity contribution is -0.133. The van der Waals surface area contributed by atoms with Crippen molar-refractivity contribution in [3.63, 3.8) is 0 Å². The van der Waals surface area contributed by atoms with Gasteiger partial charge in [0.2, 0.25) is 0 Å². The van der Waals surface area contributed by atoms with Crippen LogP contribution in [0.25, 0.3) is 0 Å². The zero-order valence-electron chi connectivity index (χ0n) is 14.1. The van der Waals surface area contributed by atoms with E-state index in [1.807, 2.05) is 12.1 Å². The predicted molar refractivity (Wildman–Crippen MR) is 96.1 cm³/mol. The lowest BCUT2D eigenvalue weighted by Gasteiger charge is -2.19. The van der Waals surface area contributed by atoms with Crippen LogP contribution in [-0.2, 0) is 4.79 Å². The SMILES string of the molecule is C[C@@H](O)C(NC(=O)c1ccc(C#Cc2ccc(N)cc2)cc1)C(=O)NO. The van der Waals surface area contributed by atoms with Gasteiger partial charge in [-0.3, -0.25) is 14.8 Å². The molecule has 0 bridgehead atoms. The fourth-order valence-electron chi connectivity index (χ4n) is 2.12. The molecule has 7 heteroatoms. The molecule has 2 rings (SSSR count). The molecule has 0 aliphatic carbocycles. The van der Waals surface area contributed by atoms with Crippen LogP contribution in [0, 0.1) is 11.8 Å². The molecule has 0 aliphatic heterocycles. The molecule has 2 amide bonds. The quantitative estimate of drug-likeness (QED) is 0.239. The van der Waals surface area contributed by atoms with Crippen LogP contribution in [0.3, 0.4) is 0 Å². The summed E-state index contributed by atoms with van der Waals surface area (Å²) in [6.07, 6.45) is -1.17. The predicted octanol–water partition coefficient (Wildman–Crippen LogP) is 0.653. The Balaban J connectivity index is 2.08. The molecule has 0 heterocycles. The van der Waals surface area contributed by atoms with E-state index in [0.29, 0.717) is 16.8 Å². The lowest BCUT2D eigenvalue weighted by atomic mass is 10.1. The van der Waals surface area contributed by atoms with Crippen molar-refractivity contribution in [2.24, 2.45) is 0 Å². The molecule has 2 aromatic rings. The molecule has 0 radical (unpaired) electrons. The van der Waals surface area contributed by atoms with Gasteiger partial charge in [0, 0.05) is 22.4 Å². The number of amides is 2. The number of hydrogen-bond acceptors (Lipinski definition) is 5. The van der Waals surface area contributed by atoms with Crippen molar-refractivity contribution in [1.29, 1.82) is 0 Å². The standard InChI is InChI=1S/C19H19N3O4/c1-12(23)17(19(25)22-26)21-18(24)15-8-4-13(5-9-15)2-3-14-6-10-16(20)11-7-14/h4-12,17,23,26H,20H2,1H3,(H,21,24)(H,22,25)/t12-,17?/m1/s1. The largest absolute Gasteiger partial charge is 0.399 e. The summed E-state index contributed by atoms with van der Waals surface area (Å²) in [6, 6.07) is 12.3. The van der Waals surface area contributed by atoms with Crippen LogP contribution < -0.4 is 16.5 Å². The highest BCUT2D eigenvalue weighted by molar-refractivity contribution is 5.97. The molecule has 0 saturated carbocycles. The summed E-state index contributed by atoms with van der Waals surface area (Å²) in [6.45, 7) is 1.33. The average Bonchev–Trinajstić information content (AvgIpc) is 2.65. The van der Waals surface area contributed by atoms with E-state index in [0.717, 1.165) is 5.56 Å². The van der Waals surface area contributed by atoms with Gasteiger partial charge < -0.3 is 16.2 Å².